The molecule has 0 fully saturated rings. The fourth-order valence-corrected chi connectivity index (χ4v) is 3.40. The molecule has 0 spiro atoms. The fourth-order valence-electron chi connectivity index (χ4n) is 3.14. The Balaban J connectivity index is 1.66. The van der Waals surface area contributed by atoms with Gasteiger partial charge in [0.2, 0.25) is 0 Å². The zero-order valence-corrected chi connectivity index (χ0v) is 15.3. The Morgan fingerprint density at radius 1 is 1.16 bits per heavy atom. The van der Waals surface area contributed by atoms with Crippen LogP contribution in [0.25, 0.3) is 16.6 Å². The van der Waals surface area contributed by atoms with Crippen LogP contribution in [0.4, 0.5) is 0 Å². The molecule has 2 heterocycles. The van der Waals surface area contributed by atoms with E-state index in [2.05, 4.69) is 21.4 Å². The first-order valence-corrected chi connectivity index (χ1v) is 8.90. The van der Waals surface area contributed by atoms with Crippen molar-refractivity contribution in [3.63, 3.8) is 0 Å². The summed E-state index contributed by atoms with van der Waals surface area (Å²) in [6, 6.07) is 17.7. The third-order valence-corrected chi connectivity index (χ3v) is 4.94. The summed E-state index contributed by atoms with van der Waals surface area (Å²) >= 11 is 3.44. The van der Waals surface area contributed by atoms with Crippen molar-refractivity contribution in [3.8, 4) is 0 Å². The molecule has 3 aromatic rings. The van der Waals surface area contributed by atoms with Crippen molar-refractivity contribution < 1.29 is 4.84 Å². The van der Waals surface area contributed by atoms with Crippen molar-refractivity contribution in [3.05, 3.63) is 86.6 Å². The fraction of sp³-hybridized carbons (Fsp3) is 0.150. The van der Waals surface area contributed by atoms with Crippen molar-refractivity contribution in [2.75, 3.05) is 0 Å². The minimum absolute atomic E-state index is 0.00899. The Bertz CT molecular complexity index is 1020. The van der Waals surface area contributed by atoms with Crippen LogP contribution in [0.5, 0.6) is 0 Å². The van der Waals surface area contributed by atoms with E-state index in [0.717, 1.165) is 32.2 Å². The van der Waals surface area contributed by atoms with E-state index < -0.39 is 0 Å². The smallest absolute Gasteiger partial charge is 0.251 e. The van der Waals surface area contributed by atoms with Crippen LogP contribution >= 0.6 is 15.9 Å². The summed E-state index contributed by atoms with van der Waals surface area (Å²) in [5, 5.41) is 1.09. The number of hydroxylamine groups is 1. The average molecular weight is 397 g/mol. The summed E-state index contributed by atoms with van der Waals surface area (Å²) in [5.41, 5.74) is 6.86. The van der Waals surface area contributed by atoms with Crippen molar-refractivity contribution in [1.82, 2.24) is 10.0 Å². The Labute approximate surface area is 153 Å². The molecule has 1 aliphatic heterocycles. The zero-order valence-electron chi connectivity index (χ0n) is 13.7. The van der Waals surface area contributed by atoms with Gasteiger partial charge in [-0.3, -0.25) is 15.1 Å². The van der Waals surface area contributed by atoms with Gasteiger partial charge >= 0.3 is 0 Å². The third kappa shape index (κ3) is 3.13. The van der Waals surface area contributed by atoms with E-state index >= 15 is 0 Å². The summed E-state index contributed by atoms with van der Waals surface area (Å²) in [6.45, 7) is 2.43. The van der Waals surface area contributed by atoms with Gasteiger partial charge in [0.05, 0.1) is 17.8 Å². The van der Waals surface area contributed by atoms with Gasteiger partial charge in [0.1, 0.15) is 6.10 Å². The quantitative estimate of drug-likeness (QED) is 0.726. The molecule has 0 amide bonds. The predicted octanol–water partition coefficient (Wildman–Crippen LogP) is 4.02. The summed E-state index contributed by atoms with van der Waals surface area (Å²) < 4.78 is 2.81. The highest BCUT2D eigenvalue weighted by atomic mass is 79.9. The molecule has 0 aliphatic carbocycles. The molecule has 0 saturated heterocycles. The molecule has 0 unspecified atom stereocenters. The van der Waals surface area contributed by atoms with E-state index in [1.807, 2.05) is 61.5 Å². The lowest BCUT2D eigenvalue weighted by molar-refractivity contribution is 0.0419. The summed E-state index contributed by atoms with van der Waals surface area (Å²) in [5.74, 6) is 0. The lowest BCUT2D eigenvalue weighted by Crippen LogP contribution is -2.27. The summed E-state index contributed by atoms with van der Waals surface area (Å²) in [7, 11) is 0. The first-order valence-electron chi connectivity index (χ1n) is 8.10. The molecule has 0 saturated carbocycles. The number of pyridine rings is 1. The predicted molar refractivity (Wildman–Crippen MR) is 103 cm³/mol. The first kappa shape index (κ1) is 16.1. The maximum absolute atomic E-state index is 12.5. The molecule has 1 aromatic heterocycles. The van der Waals surface area contributed by atoms with Crippen LogP contribution in [0, 0.1) is 6.92 Å². The number of nitrogens with one attached hydrogen (secondary N) is 1. The number of rotatable bonds is 3. The van der Waals surface area contributed by atoms with Gasteiger partial charge in [-0.15, -0.1) is 0 Å². The molecule has 1 atom stereocenters. The third-order valence-electron chi connectivity index (χ3n) is 4.42. The topological polar surface area (TPSA) is 43.3 Å². The van der Waals surface area contributed by atoms with E-state index in [1.54, 1.807) is 10.6 Å². The molecule has 4 rings (SSSR count). The van der Waals surface area contributed by atoms with Gasteiger partial charge in [-0.1, -0.05) is 46.3 Å². The zero-order chi connectivity index (χ0) is 17.4. The monoisotopic (exact) mass is 396 g/mol. The number of hydrogen-bond donors (Lipinski definition) is 1. The molecule has 0 bridgehead atoms. The number of para-hydroxylation sites is 1. The number of nitrogens with zero attached hydrogens (tertiary/aromatic N) is 1. The second kappa shape index (κ2) is 6.50. The van der Waals surface area contributed by atoms with Crippen LogP contribution in [-0.2, 0) is 11.4 Å². The van der Waals surface area contributed by atoms with E-state index in [1.165, 1.54) is 0 Å². The van der Waals surface area contributed by atoms with Gasteiger partial charge in [0.15, 0.2) is 0 Å². The number of halogens is 1. The highest BCUT2D eigenvalue weighted by Gasteiger charge is 2.19. The van der Waals surface area contributed by atoms with Crippen molar-refractivity contribution in [2.24, 2.45) is 0 Å². The highest BCUT2D eigenvalue weighted by Crippen LogP contribution is 2.22. The molecular formula is C20H17BrN2O2. The number of aryl methyl sites for hydroxylation is 1. The molecule has 126 valence electrons. The second-order valence-corrected chi connectivity index (χ2v) is 7.05. The Morgan fingerprint density at radius 3 is 2.72 bits per heavy atom. The van der Waals surface area contributed by atoms with Gasteiger partial charge in [0, 0.05) is 15.9 Å². The number of hydrogen-bond acceptors (Lipinski definition) is 3. The minimum atomic E-state index is -0.206. The number of benzene rings is 2. The largest absolute Gasteiger partial charge is 0.305 e. The number of fused-ring (bicyclic) bond motifs is 1. The van der Waals surface area contributed by atoms with Crippen LogP contribution in [0.2, 0.25) is 0 Å². The Kier molecular flexibility index (Phi) is 4.19. The van der Waals surface area contributed by atoms with Crippen LogP contribution < -0.4 is 11.0 Å². The number of aromatic nitrogens is 1. The molecule has 5 heteroatoms. The van der Waals surface area contributed by atoms with Crippen molar-refractivity contribution in [2.45, 2.75) is 19.6 Å². The lowest BCUT2D eigenvalue weighted by Gasteiger charge is -2.14. The van der Waals surface area contributed by atoms with Crippen LogP contribution in [0.15, 0.2) is 69.9 Å². The van der Waals surface area contributed by atoms with E-state index in [4.69, 9.17) is 4.84 Å². The SMILES string of the molecule is Cc1cc(=O)n(C[C@H]2C=C(c3ccc(Br)cc3)NO2)c2ccccc12. The molecule has 2 aromatic carbocycles. The van der Waals surface area contributed by atoms with Gasteiger partial charge in [0.25, 0.3) is 5.56 Å². The molecule has 1 N–H and O–H groups in total. The molecular weight excluding hydrogens is 380 g/mol. The van der Waals surface area contributed by atoms with Crippen LogP contribution in [0.3, 0.4) is 0 Å². The molecule has 0 radical (unpaired) electrons. The normalized spacial score (nSPS) is 16.7. The highest BCUT2D eigenvalue weighted by molar-refractivity contribution is 9.10. The molecule has 1 aliphatic rings. The molecule has 25 heavy (non-hydrogen) atoms. The summed E-state index contributed by atoms with van der Waals surface area (Å²) in [4.78, 5) is 18.2. The van der Waals surface area contributed by atoms with Crippen molar-refractivity contribution in [1.29, 1.82) is 0 Å². The van der Waals surface area contributed by atoms with Gasteiger partial charge in [-0.25, -0.2) is 0 Å². The maximum atomic E-state index is 12.5. The molecule has 4 nitrogen and oxygen atoms in total. The van der Waals surface area contributed by atoms with Gasteiger partial charge < -0.3 is 4.57 Å². The van der Waals surface area contributed by atoms with E-state index in [-0.39, 0.29) is 11.7 Å². The van der Waals surface area contributed by atoms with Gasteiger partial charge in [-0.05, 0) is 42.3 Å². The Hall–Kier alpha value is -2.37. The second-order valence-electron chi connectivity index (χ2n) is 6.14. The van der Waals surface area contributed by atoms with Crippen molar-refractivity contribution >= 4 is 32.5 Å². The lowest BCUT2D eigenvalue weighted by atomic mass is 10.1. The first-order chi connectivity index (χ1) is 12.1. The summed E-state index contributed by atoms with van der Waals surface area (Å²) in [6.07, 6.45) is 1.81. The Morgan fingerprint density at radius 2 is 1.92 bits per heavy atom. The minimum Gasteiger partial charge on any atom is -0.305 e. The van der Waals surface area contributed by atoms with Crippen LogP contribution in [-0.4, -0.2) is 10.7 Å². The van der Waals surface area contributed by atoms with Crippen LogP contribution in [0.1, 0.15) is 11.1 Å². The van der Waals surface area contributed by atoms with E-state index in [9.17, 15) is 4.79 Å². The van der Waals surface area contributed by atoms with Gasteiger partial charge in [-0.2, -0.15) is 0 Å². The standard InChI is InChI=1S/C20H17BrN2O2/c1-13-10-20(24)23(19-5-3-2-4-17(13)19)12-16-11-18(22-25-16)14-6-8-15(21)9-7-14/h2-11,16,22H,12H2,1H3/t16-/m1/s1. The average Bonchev–Trinajstić information content (AvgIpc) is 3.08. The maximum Gasteiger partial charge on any atom is 0.251 e. The van der Waals surface area contributed by atoms with E-state index in [0.29, 0.717) is 6.54 Å².